The minimum Gasteiger partial charge on any atom is -0.438 e. The highest BCUT2D eigenvalue weighted by molar-refractivity contribution is 5.92. The van der Waals surface area contributed by atoms with E-state index in [4.69, 9.17) is 4.42 Å². The quantitative estimate of drug-likeness (QED) is 0.816. The molecule has 1 aliphatic carbocycles. The van der Waals surface area contributed by atoms with Crippen molar-refractivity contribution in [1.29, 1.82) is 0 Å². The van der Waals surface area contributed by atoms with E-state index in [0.29, 0.717) is 18.5 Å². The fourth-order valence-electron chi connectivity index (χ4n) is 1.85. The number of carbonyl (C=O) groups excluding carboxylic acids is 2. The second-order valence-corrected chi connectivity index (χ2v) is 4.05. The predicted octanol–water partition coefficient (Wildman–Crippen LogP) is 1.22. The fraction of sp³-hybridized carbons (Fsp3) is 0.545. The van der Waals surface area contributed by atoms with Crippen molar-refractivity contribution in [3.05, 3.63) is 17.8 Å². The van der Waals surface area contributed by atoms with E-state index in [1.54, 1.807) is 6.92 Å². The molecule has 0 bridgehead atoms. The molecule has 86 valence electrons. The van der Waals surface area contributed by atoms with E-state index in [1.807, 2.05) is 0 Å². The van der Waals surface area contributed by atoms with Gasteiger partial charge in [-0.3, -0.25) is 9.59 Å². The number of aromatic nitrogens is 1. The number of hydrogen-bond acceptors (Lipinski definition) is 4. The van der Waals surface area contributed by atoms with Gasteiger partial charge in [-0.2, -0.15) is 0 Å². The van der Waals surface area contributed by atoms with Gasteiger partial charge in [0.1, 0.15) is 5.78 Å². The Morgan fingerprint density at radius 1 is 1.50 bits per heavy atom. The van der Waals surface area contributed by atoms with E-state index in [2.05, 4.69) is 10.3 Å². The van der Waals surface area contributed by atoms with Crippen LogP contribution in [0.15, 0.2) is 10.8 Å². The molecular formula is C11H14N2O3. The number of nitrogens with one attached hydrogen (secondary N) is 1. The van der Waals surface area contributed by atoms with Crippen LogP contribution in [-0.2, 0) is 4.79 Å². The maximum absolute atomic E-state index is 11.7. The van der Waals surface area contributed by atoms with Crippen LogP contribution in [0.3, 0.4) is 0 Å². The summed E-state index contributed by atoms with van der Waals surface area (Å²) in [5.74, 6) is 0.299. The molecule has 1 aliphatic rings. The molecule has 2 rings (SSSR count). The lowest BCUT2D eigenvalue weighted by Gasteiger charge is -2.21. The Kier molecular flexibility index (Phi) is 3.03. The average molecular weight is 222 g/mol. The molecule has 1 fully saturated rings. The Morgan fingerprint density at radius 2 is 2.19 bits per heavy atom. The number of nitrogens with zero attached hydrogens (tertiary/aromatic N) is 1. The maximum atomic E-state index is 11.7. The molecule has 1 amide bonds. The van der Waals surface area contributed by atoms with Gasteiger partial charge in [-0.25, -0.2) is 4.98 Å². The maximum Gasteiger partial charge on any atom is 0.289 e. The first-order valence-corrected chi connectivity index (χ1v) is 5.39. The highest BCUT2D eigenvalue weighted by atomic mass is 16.3. The van der Waals surface area contributed by atoms with Crippen LogP contribution in [0.4, 0.5) is 0 Å². The highest BCUT2D eigenvalue weighted by Gasteiger charge is 2.22. The van der Waals surface area contributed by atoms with Gasteiger partial charge in [-0.15, -0.1) is 0 Å². The van der Waals surface area contributed by atoms with Crippen LogP contribution < -0.4 is 5.32 Å². The van der Waals surface area contributed by atoms with E-state index in [1.165, 1.54) is 6.39 Å². The zero-order valence-corrected chi connectivity index (χ0v) is 9.16. The van der Waals surface area contributed by atoms with Crippen LogP contribution in [0.1, 0.15) is 41.9 Å². The Balaban J connectivity index is 1.93. The smallest absolute Gasteiger partial charge is 0.289 e. The molecule has 0 atom stereocenters. The molecule has 0 aliphatic heterocycles. The van der Waals surface area contributed by atoms with Gasteiger partial charge < -0.3 is 9.73 Å². The van der Waals surface area contributed by atoms with Crippen LogP contribution in [0.5, 0.6) is 0 Å². The third-order valence-electron chi connectivity index (χ3n) is 2.83. The lowest BCUT2D eigenvalue weighted by molar-refractivity contribution is -0.120. The van der Waals surface area contributed by atoms with Gasteiger partial charge in [0.2, 0.25) is 5.76 Å². The molecular weight excluding hydrogens is 208 g/mol. The minimum atomic E-state index is -0.241. The first-order valence-electron chi connectivity index (χ1n) is 5.39. The van der Waals surface area contributed by atoms with Crippen molar-refractivity contribution in [3.63, 3.8) is 0 Å². The van der Waals surface area contributed by atoms with Gasteiger partial charge >= 0.3 is 0 Å². The van der Waals surface area contributed by atoms with Gasteiger partial charge in [0, 0.05) is 18.9 Å². The Labute approximate surface area is 93.2 Å². The molecule has 1 saturated carbocycles. The summed E-state index contributed by atoms with van der Waals surface area (Å²) in [6.45, 7) is 1.73. The molecule has 16 heavy (non-hydrogen) atoms. The molecule has 1 aromatic heterocycles. The third kappa shape index (κ3) is 2.29. The normalized spacial score (nSPS) is 17.4. The van der Waals surface area contributed by atoms with E-state index < -0.39 is 0 Å². The zero-order chi connectivity index (χ0) is 11.5. The summed E-state index contributed by atoms with van der Waals surface area (Å²) >= 11 is 0. The Hall–Kier alpha value is -1.65. The van der Waals surface area contributed by atoms with Crippen LogP contribution in [0, 0.1) is 6.92 Å². The van der Waals surface area contributed by atoms with Crippen LogP contribution in [0.25, 0.3) is 0 Å². The van der Waals surface area contributed by atoms with Crippen molar-refractivity contribution >= 4 is 11.7 Å². The summed E-state index contributed by atoms with van der Waals surface area (Å²) in [7, 11) is 0. The topological polar surface area (TPSA) is 72.2 Å². The standard InChI is InChI=1S/C11H14N2O3/c1-7-10(16-6-12-7)11(15)13-8-2-4-9(14)5-3-8/h6,8H,2-5H2,1H3,(H,13,15). The monoisotopic (exact) mass is 222 g/mol. The van der Waals surface area contributed by atoms with Gasteiger partial charge in [-0.05, 0) is 19.8 Å². The minimum absolute atomic E-state index is 0.0784. The zero-order valence-electron chi connectivity index (χ0n) is 9.16. The number of rotatable bonds is 2. The molecule has 0 radical (unpaired) electrons. The van der Waals surface area contributed by atoms with E-state index >= 15 is 0 Å². The number of ketones is 1. The average Bonchev–Trinajstić information content (AvgIpc) is 2.68. The van der Waals surface area contributed by atoms with E-state index in [-0.39, 0.29) is 23.5 Å². The summed E-state index contributed by atoms with van der Waals surface area (Å²) in [5.41, 5.74) is 0.587. The number of oxazole rings is 1. The molecule has 5 heteroatoms. The second kappa shape index (κ2) is 4.47. The Morgan fingerprint density at radius 3 is 2.75 bits per heavy atom. The predicted molar refractivity (Wildman–Crippen MR) is 56.0 cm³/mol. The first-order chi connectivity index (χ1) is 7.66. The molecule has 0 saturated heterocycles. The summed E-state index contributed by atoms with van der Waals surface area (Å²) in [6.07, 6.45) is 3.81. The van der Waals surface area contributed by atoms with Crippen LogP contribution in [-0.4, -0.2) is 22.7 Å². The van der Waals surface area contributed by atoms with Gasteiger partial charge in [-0.1, -0.05) is 0 Å². The van der Waals surface area contributed by atoms with Gasteiger partial charge in [0.25, 0.3) is 5.91 Å². The largest absolute Gasteiger partial charge is 0.438 e. The molecule has 0 unspecified atom stereocenters. The number of carbonyl (C=O) groups is 2. The lowest BCUT2D eigenvalue weighted by atomic mass is 9.94. The lowest BCUT2D eigenvalue weighted by Crippen LogP contribution is -2.37. The van der Waals surface area contributed by atoms with Gasteiger partial charge in [0.15, 0.2) is 6.39 Å². The number of aryl methyl sites for hydroxylation is 1. The van der Waals surface area contributed by atoms with Crippen molar-refractivity contribution in [1.82, 2.24) is 10.3 Å². The number of Topliss-reactive ketones (excluding diaryl/α,β-unsaturated/α-hetero) is 1. The molecule has 0 aromatic carbocycles. The summed E-state index contributed by atoms with van der Waals surface area (Å²) in [5, 5.41) is 2.86. The Bertz CT molecular complexity index is 401. The molecule has 0 spiro atoms. The van der Waals surface area contributed by atoms with Crippen molar-refractivity contribution in [2.24, 2.45) is 0 Å². The summed E-state index contributed by atoms with van der Waals surface area (Å²) in [6, 6.07) is 0.0784. The van der Waals surface area contributed by atoms with E-state index in [9.17, 15) is 9.59 Å². The second-order valence-electron chi connectivity index (χ2n) is 4.05. The number of amides is 1. The summed E-state index contributed by atoms with van der Waals surface area (Å²) in [4.78, 5) is 26.6. The van der Waals surface area contributed by atoms with Crippen molar-refractivity contribution in [2.45, 2.75) is 38.6 Å². The summed E-state index contributed by atoms with van der Waals surface area (Å²) < 4.78 is 5.00. The molecule has 1 N–H and O–H groups in total. The molecule has 1 aromatic rings. The SMILES string of the molecule is Cc1ncoc1C(=O)NC1CCC(=O)CC1. The third-order valence-corrected chi connectivity index (χ3v) is 2.83. The van der Waals surface area contributed by atoms with Crippen molar-refractivity contribution < 1.29 is 14.0 Å². The van der Waals surface area contributed by atoms with Crippen molar-refractivity contribution in [2.75, 3.05) is 0 Å². The first kappa shape index (κ1) is 10.9. The van der Waals surface area contributed by atoms with Crippen LogP contribution in [0.2, 0.25) is 0 Å². The van der Waals surface area contributed by atoms with Gasteiger partial charge in [0.05, 0.1) is 5.69 Å². The number of hydrogen-bond donors (Lipinski definition) is 1. The van der Waals surface area contributed by atoms with Crippen LogP contribution >= 0.6 is 0 Å². The molecule has 5 nitrogen and oxygen atoms in total. The highest BCUT2D eigenvalue weighted by Crippen LogP contribution is 2.15. The molecule has 1 heterocycles. The van der Waals surface area contributed by atoms with Crippen molar-refractivity contribution in [3.8, 4) is 0 Å². The van der Waals surface area contributed by atoms with E-state index in [0.717, 1.165) is 12.8 Å². The fourth-order valence-corrected chi connectivity index (χ4v) is 1.85.